The number of Topliss-reactive ketones (excluding diaryl/α,β-unsaturated/α-hetero) is 1. The van der Waals surface area contributed by atoms with Crippen molar-refractivity contribution in [3.05, 3.63) is 71.8 Å². The SMILES string of the molecule is C=CCC(F)(F)C(C=NCNc1ccc(N2CCN(C)CC2)cc1OC)C(=NC)Oc1cccc(CC(C)=CC)c1C(C)=O. The molecule has 0 spiro atoms. The van der Waals surface area contributed by atoms with E-state index in [4.69, 9.17) is 9.47 Å². The van der Waals surface area contributed by atoms with Gasteiger partial charge in [-0.1, -0.05) is 29.9 Å². The number of halogens is 2. The summed E-state index contributed by atoms with van der Waals surface area (Å²) in [7, 11) is 5.08. The van der Waals surface area contributed by atoms with Crippen molar-refractivity contribution in [2.45, 2.75) is 39.5 Å². The van der Waals surface area contributed by atoms with Gasteiger partial charge in [0.15, 0.2) is 5.78 Å². The molecule has 3 rings (SSSR count). The number of carbonyl (C=O) groups is 1. The normalized spacial score (nSPS) is 15.8. The Hall–Kier alpha value is -4.05. The summed E-state index contributed by atoms with van der Waals surface area (Å²) in [5.41, 5.74) is 3.91. The second kappa shape index (κ2) is 16.1. The van der Waals surface area contributed by atoms with Crippen LogP contribution in [-0.2, 0) is 6.42 Å². The summed E-state index contributed by atoms with van der Waals surface area (Å²) in [5.74, 6) is -4.57. The molecule has 1 aliphatic heterocycles. The fraction of sp³-hybridized carbons (Fsp3) is 0.441. The van der Waals surface area contributed by atoms with Crippen molar-refractivity contribution < 1.29 is 23.0 Å². The molecule has 0 aliphatic carbocycles. The second-order valence-corrected chi connectivity index (χ2v) is 10.9. The van der Waals surface area contributed by atoms with Gasteiger partial charge in [-0.05, 0) is 58.0 Å². The maximum Gasteiger partial charge on any atom is 0.267 e. The zero-order valence-electron chi connectivity index (χ0n) is 26.7. The lowest BCUT2D eigenvalue weighted by Crippen LogP contribution is -2.44. The van der Waals surface area contributed by atoms with Crippen LogP contribution in [-0.4, -0.2) is 82.8 Å². The first-order chi connectivity index (χ1) is 21.0. The Morgan fingerprint density at radius 2 is 1.89 bits per heavy atom. The third-order valence-corrected chi connectivity index (χ3v) is 7.67. The fourth-order valence-electron chi connectivity index (χ4n) is 5.02. The number of allylic oxidation sites excluding steroid dienone is 3. The lowest BCUT2D eigenvalue weighted by Gasteiger charge is -2.34. The largest absolute Gasteiger partial charge is 0.495 e. The number of hydrogen-bond donors (Lipinski definition) is 1. The number of aliphatic imine (C=N–C) groups is 2. The predicted octanol–water partition coefficient (Wildman–Crippen LogP) is 6.53. The van der Waals surface area contributed by atoms with Gasteiger partial charge in [0.25, 0.3) is 5.92 Å². The summed E-state index contributed by atoms with van der Waals surface area (Å²) in [5, 5.41) is 3.16. The molecular weight excluding hydrogens is 564 g/mol. The Bertz CT molecular complexity index is 1380. The van der Waals surface area contributed by atoms with E-state index in [0.717, 1.165) is 55.3 Å². The van der Waals surface area contributed by atoms with Crippen LogP contribution in [0.15, 0.2) is 70.7 Å². The summed E-state index contributed by atoms with van der Waals surface area (Å²) in [6.07, 6.45) is 4.18. The van der Waals surface area contributed by atoms with Crippen LogP contribution >= 0.6 is 0 Å². The standard InChI is InChI=1S/C34H45F2N5O3/c1-8-15-34(35,36)28(33(37-5)44-30-12-10-11-26(20-24(3)9-2)32(30)25(4)42)22-38-23-39-29-14-13-27(21-31(29)43-7)41-18-16-40(6)17-19-41/h8-14,21-22,28,39H,1,15-20,23H2,2-7H3. The van der Waals surface area contributed by atoms with Gasteiger partial charge in [0, 0.05) is 57.6 Å². The Kier molecular flexibility index (Phi) is 12.6. The molecule has 0 saturated carbocycles. The van der Waals surface area contributed by atoms with Gasteiger partial charge in [-0.3, -0.25) is 14.8 Å². The van der Waals surface area contributed by atoms with E-state index in [1.54, 1.807) is 19.2 Å². The van der Waals surface area contributed by atoms with Gasteiger partial charge in [-0.15, -0.1) is 6.58 Å². The Labute approximate surface area is 260 Å². The van der Waals surface area contributed by atoms with Crippen LogP contribution in [0, 0.1) is 5.92 Å². The van der Waals surface area contributed by atoms with E-state index in [0.29, 0.717) is 23.4 Å². The fourth-order valence-corrected chi connectivity index (χ4v) is 5.02. The van der Waals surface area contributed by atoms with Gasteiger partial charge in [-0.25, -0.2) is 8.78 Å². The third-order valence-electron chi connectivity index (χ3n) is 7.67. The van der Waals surface area contributed by atoms with Crippen molar-refractivity contribution in [2.75, 3.05) is 64.3 Å². The van der Waals surface area contributed by atoms with Crippen molar-refractivity contribution in [3.8, 4) is 11.5 Å². The average Bonchev–Trinajstić information content (AvgIpc) is 3.00. The van der Waals surface area contributed by atoms with Crippen LogP contribution in [0.2, 0.25) is 0 Å². The van der Waals surface area contributed by atoms with Crippen molar-refractivity contribution in [2.24, 2.45) is 15.9 Å². The number of alkyl halides is 2. The number of rotatable bonds is 14. The number of carbonyl (C=O) groups excluding carboxylic acids is 1. The first-order valence-electron chi connectivity index (χ1n) is 14.8. The monoisotopic (exact) mass is 609 g/mol. The number of nitrogens with one attached hydrogen (secondary N) is 1. The summed E-state index contributed by atoms with van der Waals surface area (Å²) in [6.45, 7) is 12.6. The smallest absolute Gasteiger partial charge is 0.267 e. The van der Waals surface area contributed by atoms with E-state index in [9.17, 15) is 4.79 Å². The summed E-state index contributed by atoms with van der Waals surface area (Å²) < 4.78 is 42.5. The maximum atomic E-state index is 15.5. The Morgan fingerprint density at radius 1 is 1.16 bits per heavy atom. The van der Waals surface area contributed by atoms with Crippen molar-refractivity contribution in [3.63, 3.8) is 0 Å². The van der Waals surface area contributed by atoms with E-state index in [-0.39, 0.29) is 24.1 Å². The molecule has 8 nitrogen and oxygen atoms in total. The highest BCUT2D eigenvalue weighted by molar-refractivity contribution is 6.01. The molecule has 238 valence electrons. The molecule has 0 radical (unpaired) electrons. The quantitative estimate of drug-likeness (QED) is 0.114. The van der Waals surface area contributed by atoms with E-state index in [1.807, 2.05) is 44.2 Å². The molecule has 1 N–H and O–H groups in total. The zero-order chi connectivity index (χ0) is 32.3. The topological polar surface area (TPSA) is 78.8 Å². The number of ketones is 1. The van der Waals surface area contributed by atoms with Gasteiger partial charge in [-0.2, -0.15) is 0 Å². The number of anilines is 2. The highest BCUT2D eigenvalue weighted by atomic mass is 19.3. The molecule has 2 aromatic carbocycles. The first kappa shape index (κ1) is 34.4. The number of likely N-dealkylation sites (N-methyl/N-ethyl adjacent to an activating group) is 1. The molecule has 0 aromatic heterocycles. The highest BCUT2D eigenvalue weighted by Crippen LogP contribution is 2.33. The van der Waals surface area contributed by atoms with E-state index < -0.39 is 18.3 Å². The number of methoxy groups -OCH3 is 1. The van der Waals surface area contributed by atoms with Gasteiger partial charge in [0.05, 0.1) is 18.4 Å². The lowest BCUT2D eigenvalue weighted by molar-refractivity contribution is -0.0112. The molecule has 1 heterocycles. The molecule has 10 heteroatoms. The average molecular weight is 610 g/mol. The maximum absolute atomic E-state index is 15.5. The van der Waals surface area contributed by atoms with Crippen molar-refractivity contribution in [1.29, 1.82) is 0 Å². The molecule has 0 amide bonds. The zero-order valence-corrected chi connectivity index (χ0v) is 26.7. The van der Waals surface area contributed by atoms with Crippen molar-refractivity contribution in [1.82, 2.24) is 4.90 Å². The minimum atomic E-state index is -3.29. The first-order valence-corrected chi connectivity index (χ1v) is 14.8. The molecule has 1 saturated heterocycles. The van der Waals surface area contributed by atoms with Crippen LogP contribution < -0.4 is 19.7 Å². The van der Waals surface area contributed by atoms with Crippen molar-refractivity contribution >= 4 is 29.3 Å². The predicted molar refractivity (Wildman–Crippen MR) is 177 cm³/mol. The van der Waals surface area contributed by atoms with Gasteiger partial charge >= 0.3 is 0 Å². The molecular formula is C34H45F2N5O3. The molecule has 1 fully saturated rings. The summed E-state index contributed by atoms with van der Waals surface area (Å²) >= 11 is 0. The van der Waals surface area contributed by atoms with Crippen LogP contribution in [0.25, 0.3) is 0 Å². The molecule has 44 heavy (non-hydrogen) atoms. The van der Waals surface area contributed by atoms with E-state index in [1.165, 1.54) is 14.0 Å². The summed E-state index contributed by atoms with van der Waals surface area (Å²) in [4.78, 5) is 25.6. The Morgan fingerprint density at radius 3 is 2.50 bits per heavy atom. The molecule has 0 bridgehead atoms. The van der Waals surface area contributed by atoms with Crippen LogP contribution in [0.1, 0.15) is 43.1 Å². The Balaban J connectivity index is 1.82. The molecule has 1 atom stereocenters. The third kappa shape index (κ3) is 8.98. The second-order valence-electron chi connectivity index (χ2n) is 10.9. The molecule has 2 aromatic rings. The van der Waals surface area contributed by atoms with E-state index in [2.05, 4.69) is 38.7 Å². The number of nitrogens with zero attached hydrogens (tertiary/aromatic N) is 4. The van der Waals surface area contributed by atoms with Crippen LogP contribution in [0.5, 0.6) is 11.5 Å². The van der Waals surface area contributed by atoms with Crippen LogP contribution in [0.4, 0.5) is 20.2 Å². The number of piperazine rings is 1. The molecule has 1 aliphatic rings. The van der Waals surface area contributed by atoms with E-state index >= 15 is 8.78 Å². The van der Waals surface area contributed by atoms with Gasteiger partial charge in [0.2, 0.25) is 5.90 Å². The summed E-state index contributed by atoms with van der Waals surface area (Å²) in [6, 6.07) is 11.0. The number of ether oxygens (including phenoxy) is 2. The minimum Gasteiger partial charge on any atom is -0.495 e. The minimum absolute atomic E-state index is 0.0126. The van der Waals surface area contributed by atoms with Crippen LogP contribution in [0.3, 0.4) is 0 Å². The number of hydrogen-bond acceptors (Lipinski definition) is 8. The number of benzene rings is 2. The van der Waals surface area contributed by atoms with Gasteiger partial charge < -0.3 is 24.6 Å². The molecule has 1 unspecified atom stereocenters. The van der Waals surface area contributed by atoms with Gasteiger partial charge in [0.1, 0.15) is 24.1 Å². The lowest BCUT2D eigenvalue weighted by atomic mass is 9.96. The highest BCUT2D eigenvalue weighted by Gasteiger charge is 2.42.